The highest BCUT2D eigenvalue weighted by molar-refractivity contribution is 7.48. The fourth-order valence-electron chi connectivity index (χ4n) is 7.38. The number of carbonyl (C=O) groups excluding carboxylic acids is 1. The zero-order chi connectivity index (χ0) is 51.4. The Morgan fingerprint density at radius 2 is 1.33 bits per heavy atom. The van der Waals surface area contributed by atoms with Crippen LogP contribution >= 0.6 is 42.6 Å². The van der Waals surface area contributed by atoms with Crippen molar-refractivity contribution in [3.05, 3.63) is 49.8 Å². The Hall–Kier alpha value is -0.933. The molecule has 1 aliphatic heterocycles. The van der Waals surface area contributed by atoms with E-state index >= 15 is 0 Å². The molecule has 0 aromatic rings. The molecule has 0 saturated carbocycles. The number of halogens is 3. The monoisotopic (exact) mass is 1070 g/mol. The van der Waals surface area contributed by atoms with Crippen molar-refractivity contribution in [1.29, 1.82) is 0 Å². The molecule has 1 saturated heterocycles. The molecule has 69 heavy (non-hydrogen) atoms. The molecule has 0 aromatic heterocycles. The van der Waals surface area contributed by atoms with E-state index in [9.17, 15) is 9.36 Å². The van der Waals surface area contributed by atoms with Crippen molar-refractivity contribution in [1.82, 2.24) is 5.32 Å². The Bertz CT molecular complexity index is 1430. The van der Waals surface area contributed by atoms with E-state index in [2.05, 4.69) is 78.3 Å². The van der Waals surface area contributed by atoms with Gasteiger partial charge in [-0.1, -0.05) is 190 Å². The summed E-state index contributed by atoms with van der Waals surface area (Å²) in [6.45, 7) is 24.3. The zero-order valence-electron chi connectivity index (χ0n) is 44.0. The second-order valence-corrected chi connectivity index (χ2v) is 28.5. The first-order valence-corrected chi connectivity index (χ1v) is 31.6. The highest BCUT2D eigenvalue weighted by Gasteiger charge is 2.53. The highest BCUT2D eigenvalue weighted by Crippen LogP contribution is 2.53. The third-order valence-corrected chi connectivity index (χ3v) is 18.7. The van der Waals surface area contributed by atoms with Gasteiger partial charge in [0.05, 0.1) is 32.2 Å². The van der Waals surface area contributed by atoms with Crippen LogP contribution in [-0.2, 0) is 46.2 Å². The highest BCUT2D eigenvalue weighted by atomic mass is 35.6. The van der Waals surface area contributed by atoms with Crippen LogP contribution in [0, 0.1) is 0 Å². The second-order valence-electron chi connectivity index (χ2n) is 19.5. The molecule has 404 valence electrons. The van der Waals surface area contributed by atoms with Crippen molar-refractivity contribution in [3.8, 4) is 0 Å². The first-order chi connectivity index (χ1) is 32.9. The third kappa shape index (κ3) is 31.4. The van der Waals surface area contributed by atoms with Crippen molar-refractivity contribution in [2.75, 3.05) is 39.6 Å². The van der Waals surface area contributed by atoms with Crippen molar-refractivity contribution in [2.24, 2.45) is 0 Å². The number of unbranched alkanes of at least 4 members (excludes halogenated alkanes) is 16. The van der Waals surface area contributed by atoms with E-state index in [0.29, 0.717) is 13.0 Å². The normalized spacial score (nSPS) is 19.8. The van der Waals surface area contributed by atoms with Gasteiger partial charge < -0.3 is 33.4 Å². The van der Waals surface area contributed by atoms with Gasteiger partial charge in [0.25, 0.3) is 0 Å². The maximum absolute atomic E-state index is 14.5. The molecule has 1 amide bonds. The molecule has 17 heteroatoms. The minimum Gasteiger partial charge on any atom is -0.471 e. The molecule has 0 unspecified atom stereocenters. The first kappa shape index (κ1) is 66.1. The van der Waals surface area contributed by atoms with Crippen LogP contribution in [0.5, 0.6) is 0 Å². The minimum absolute atomic E-state index is 0.00371. The van der Waals surface area contributed by atoms with E-state index in [1.165, 1.54) is 102 Å². The van der Waals surface area contributed by atoms with Gasteiger partial charge in [0.1, 0.15) is 31.0 Å². The SMILES string of the molecule is C=CCOP(=O)(OCC=C)O[C@H]1[C@H](OCC[C@@H](CCCCCCCCCCC)OCCCCCC/C=C\CCCCCC)[C@@H](NC(=O)OCC(Cl)(Cl)Cl)[C@@H](OC=CC)O[C@@H]1CO[Si](C)(C)C(C)(C)C. The van der Waals surface area contributed by atoms with Gasteiger partial charge in [-0.2, -0.15) is 0 Å². The number of rotatable bonds is 42. The van der Waals surface area contributed by atoms with Crippen LogP contribution in [-0.4, -0.2) is 94.6 Å². The van der Waals surface area contributed by atoms with E-state index in [1.807, 2.05) is 0 Å². The van der Waals surface area contributed by atoms with Gasteiger partial charge in [-0.3, -0.25) is 13.6 Å². The molecule has 0 radical (unpaired) electrons. The van der Waals surface area contributed by atoms with E-state index in [-0.39, 0.29) is 37.6 Å². The van der Waals surface area contributed by atoms with Gasteiger partial charge in [-0.25, -0.2) is 9.36 Å². The Balaban J connectivity index is 3.51. The summed E-state index contributed by atoms with van der Waals surface area (Å²) in [4.78, 5) is 13.5. The number of carbonyl (C=O) groups is 1. The quantitative estimate of drug-likeness (QED) is 0.0157. The van der Waals surface area contributed by atoms with E-state index in [0.717, 1.165) is 44.9 Å². The number of phosphoric ester groups is 1. The molecule has 1 fully saturated rings. The lowest BCUT2D eigenvalue weighted by Gasteiger charge is -2.47. The average molecular weight is 1080 g/mol. The lowest BCUT2D eigenvalue weighted by molar-refractivity contribution is -0.259. The Morgan fingerprint density at radius 3 is 1.88 bits per heavy atom. The van der Waals surface area contributed by atoms with Gasteiger partial charge in [0.15, 0.2) is 8.32 Å². The van der Waals surface area contributed by atoms with Gasteiger partial charge in [-0.05, 0) is 70.0 Å². The van der Waals surface area contributed by atoms with Crippen LogP contribution in [0.25, 0.3) is 0 Å². The number of nitrogens with one attached hydrogen (secondary N) is 1. The Morgan fingerprint density at radius 1 is 0.783 bits per heavy atom. The number of phosphoric acid groups is 1. The molecular weight excluding hydrogens is 980 g/mol. The maximum Gasteiger partial charge on any atom is 0.475 e. The molecule has 1 rings (SSSR count). The van der Waals surface area contributed by atoms with E-state index in [4.69, 9.17) is 76.5 Å². The average Bonchev–Trinajstić information content (AvgIpc) is 3.29. The lowest BCUT2D eigenvalue weighted by Crippen LogP contribution is -2.66. The fraction of sp³-hybridized carbons (Fsp3) is 0.827. The van der Waals surface area contributed by atoms with Crippen molar-refractivity contribution in [3.63, 3.8) is 0 Å². The summed E-state index contributed by atoms with van der Waals surface area (Å²) in [5, 5.41) is 2.65. The summed E-state index contributed by atoms with van der Waals surface area (Å²) < 4.78 is 68.6. The summed E-state index contributed by atoms with van der Waals surface area (Å²) in [5.41, 5.74) is 0. The number of amides is 1. The first-order valence-electron chi connectivity index (χ1n) is 26.1. The molecule has 0 aromatic carbocycles. The lowest BCUT2D eigenvalue weighted by atomic mass is 9.96. The van der Waals surface area contributed by atoms with Gasteiger partial charge in [0.2, 0.25) is 10.1 Å². The predicted octanol–water partition coefficient (Wildman–Crippen LogP) is 16.2. The summed E-state index contributed by atoms with van der Waals surface area (Å²) in [7, 11) is -6.78. The van der Waals surface area contributed by atoms with Gasteiger partial charge in [0, 0.05) is 13.2 Å². The molecule has 0 spiro atoms. The van der Waals surface area contributed by atoms with Crippen molar-refractivity contribution in [2.45, 2.75) is 235 Å². The summed E-state index contributed by atoms with van der Waals surface area (Å²) in [5.74, 6) is 0. The second kappa shape index (κ2) is 38.6. The summed E-state index contributed by atoms with van der Waals surface area (Å²) in [6.07, 6.45) is 29.5. The fourth-order valence-corrected chi connectivity index (χ4v) is 9.88. The van der Waals surface area contributed by atoms with Gasteiger partial charge in [-0.15, -0.1) is 13.2 Å². The maximum atomic E-state index is 14.5. The van der Waals surface area contributed by atoms with Crippen LogP contribution in [0.3, 0.4) is 0 Å². The summed E-state index contributed by atoms with van der Waals surface area (Å²) >= 11 is 17.9. The number of alkyl carbamates (subject to hydrolysis) is 1. The Labute approximate surface area is 435 Å². The zero-order valence-corrected chi connectivity index (χ0v) is 48.2. The number of allylic oxidation sites excluding steroid dienone is 3. The Kier molecular flexibility index (Phi) is 37.0. The number of hydrogen-bond acceptors (Lipinski definition) is 11. The van der Waals surface area contributed by atoms with E-state index < -0.39 is 63.3 Å². The van der Waals surface area contributed by atoms with Crippen LogP contribution in [0.2, 0.25) is 18.1 Å². The molecule has 1 aliphatic rings. The molecular formula is C52H95Cl3NO11PSi. The topological polar surface area (TPSA) is 129 Å². The number of hydrogen-bond donors (Lipinski definition) is 1. The molecule has 1 heterocycles. The van der Waals surface area contributed by atoms with Crippen LogP contribution < -0.4 is 5.32 Å². The molecule has 12 nitrogen and oxygen atoms in total. The number of alkyl halides is 3. The van der Waals surface area contributed by atoms with Crippen LogP contribution in [0.15, 0.2) is 49.8 Å². The third-order valence-electron chi connectivity index (χ3n) is 12.4. The predicted molar refractivity (Wildman–Crippen MR) is 288 cm³/mol. The van der Waals surface area contributed by atoms with Crippen molar-refractivity contribution >= 4 is 57.0 Å². The van der Waals surface area contributed by atoms with Crippen LogP contribution in [0.4, 0.5) is 4.79 Å². The van der Waals surface area contributed by atoms with Gasteiger partial charge >= 0.3 is 13.9 Å². The molecule has 1 N–H and O–H groups in total. The van der Waals surface area contributed by atoms with Crippen LogP contribution in [0.1, 0.15) is 176 Å². The van der Waals surface area contributed by atoms with Crippen molar-refractivity contribution < 1.29 is 51.0 Å². The minimum atomic E-state index is -4.38. The van der Waals surface area contributed by atoms with E-state index in [1.54, 1.807) is 13.0 Å². The summed E-state index contributed by atoms with van der Waals surface area (Å²) in [6, 6.07) is -1.13. The number of ether oxygens (including phenoxy) is 5. The molecule has 0 bridgehead atoms. The molecule has 6 atom stereocenters. The molecule has 0 aliphatic carbocycles. The standard InChI is InChI=1S/C52H95Cl3NO11PSi/c1-11-16-18-20-22-24-25-26-28-30-32-34-40-59-44(35-33-31-29-27-23-21-19-17-12-2)36-41-60-48-46(56-50(57)62-43-52(53,54)55)49(61-37-13-3)66-45(42-65-69(9,10)51(6,7)8)47(48)67-68(58,63-38-14-4)64-39-15-5/h13-15,24-25,37,44-49H,4-5,11-12,16-23,26-36,38-43H2,1-3,6-10H3,(H,56,57)/b25-24-,37-13?/t44-,45-,46-,47-,48-,49+/m1/s1. The smallest absolute Gasteiger partial charge is 0.471 e. The largest absolute Gasteiger partial charge is 0.475 e.